The van der Waals surface area contributed by atoms with Gasteiger partial charge in [0.05, 0.1) is 15.6 Å². The quantitative estimate of drug-likeness (QED) is 0.413. The molecule has 1 aromatic heterocycles. The summed E-state index contributed by atoms with van der Waals surface area (Å²) in [6.07, 6.45) is 1.24. The average Bonchev–Trinajstić information content (AvgIpc) is 2.56. The number of aromatic nitrogens is 2. The first-order valence-electron chi connectivity index (χ1n) is 7.90. The number of nitrogens with one attached hydrogen (secondary N) is 2. The zero-order valence-electron chi connectivity index (χ0n) is 14.5. The van der Waals surface area contributed by atoms with E-state index in [1.165, 1.54) is 12.4 Å². The molecule has 7 nitrogen and oxygen atoms in total. The molecule has 9 heteroatoms. The molecule has 0 amide bonds. The van der Waals surface area contributed by atoms with Crippen LogP contribution in [0.25, 0.3) is 0 Å². The Kier molecular flexibility index (Phi) is 5.43. The topological polar surface area (TPSA) is 93.0 Å². The van der Waals surface area contributed by atoms with Gasteiger partial charge in [-0.15, -0.1) is 0 Å². The largest absolute Gasteiger partial charge is 0.353 e. The van der Waals surface area contributed by atoms with Crippen LogP contribution in [-0.2, 0) is 0 Å². The van der Waals surface area contributed by atoms with Gasteiger partial charge in [-0.3, -0.25) is 10.1 Å². The van der Waals surface area contributed by atoms with Crippen LogP contribution < -0.4 is 10.6 Å². The van der Waals surface area contributed by atoms with E-state index in [2.05, 4.69) is 20.6 Å². The van der Waals surface area contributed by atoms with Crippen molar-refractivity contribution in [1.29, 1.82) is 0 Å². The van der Waals surface area contributed by atoms with E-state index in [0.29, 0.717) is 21.4 Å². The predicted octanol–water partition coefficient (Wildman–Crippen LogP) is 5.80. The molecule has 0 radical (unpaired) electrons. The second-order valence-electron chi connectivity index (χ2n) is 5.93. The Morgan fingerprint density at radius 1 is 0.963 bits per heavy atom. The summed E-state index contributed by atoms with van der Waals surface area (Å²) in [5, 5.41) is 18.3. The fourth-order valence-electron chi connectivity index (χ4n) is 2.64. The lowest BCUT2D eigenvalue weighted by Gasteiger charge is -2.12. The van der Waals surface area contributed by atoms with Gasteiger partial charge in [-0.2, -0.15) is 0 Å². The lowest BCUT2D eigenvalue weighted by Crippen LogP contribution is -2.06. The molecule has 0 saturated heterocycles. The summed E-state index contributed by atoms with van der Waals surface area (Å²) in [6, 6.07) is 10.5. The van der Waals surface area contributed by atoms with Crippen LogP contribution in [0.1, 0.15) is 11.1 Å². The number of rotatable bonds is 5. The Morgan fingerprint density at radius 3 is 2.19 bits per heavy atom. The Hall–Kier alpha value is -2.90. The number of nitrogens with zero attached hydrogens (tertiary/aromatic N) is 3. The number of aryl methyl sites for hydroxylation is 2. The van der Waals surface area contributed by atoms with Crippen molar-refractivity contribution in [1.82, 2.24) is 9.97 Å². The number of hydrogen-bond acceptors (Lipinski definition) is 6. The van der Waals surface area contributed by atoms with Crippen LogP contribution in [-0.4, -0.2) is 14.9 Å². The van der Waals surface area contributed by atoms with Crippen LogP contribution in [0.4, 0.5) is 28.7 Å². The van der Waals surface area contributed by atoms with E-state index in [-0.39, 0.29) is 17.3 Å². The van der Waals surface area contributed by atoms with Gasteiger partial charge in [0.25, 0.3) is 0 Å². The van der Waals surface area contributed by atoms with Gasteiger partial charge < -0.3 is 10.6 Å². The molecule has 3 aromatic rings. The first-order chi connectivity index (χ1) is 12.8. The van der Waals surface area contributed by atoms with Crippen molar-refractivity contribution in [3.63, 3.8) is 0 Å². The summed E-state index contributed by atoms with van der Waals surface area (Å²) >= 11 is 12.0. The molecule has 0 saturated carbocycles. The molecule has 0 spiro atoms. The lowest BCUT2D eigenvalue weighted by molar-refractivity contribution is -0.383. The van der Waals surface area contributed by atoms with Gasteiger partial charge >= 0.3 is 5.69 Å². The summed E-state index contributed by atoms with van der Waals surface area (Å²) in [5.74, 6) is 0.0960. The summed E-state index contributed by atoms with van der Waals surface area (Å²) in [7, 11) is 0. The van der Waals surface area contributed by atoms with Crippen LogP contribution in [0.3, 0.4) is 0 Å². The second kappa shape index (κ2) is 7.77. The van der Waals surface area contributed by atoms with Gasteiger partial charge in [0.1, 0.15) is 6.33 Å². The van der Waals surface area contributed by atoms with E-state index in [4.69, 9.17) is 23.2 Å². The van der Waals surface area contributed by atoms with Gasteiger partial charge in [-0.25, -0.2) is 9.97 Å². The molecule has 0 aliphatic carbocycles. The lowest BCUT2D eigenvalue weighted by atomic mass is 10.1. The molecule has 0 fully saturated rings. The van der Waals surface area contributed by atoms with E-state index >= 15 is 0 Å². The Bertz CT molecular complexity index is 1010. The maximum atomic E-state index is 11.7. The predicted molar refractivity (Wildman–Crippen MR) is 108 cm³/mol. The highest BCUT2D eigenvalue weighted by atomic mass is 35.5. The van der Waals surface area contributed by atoms with Gasteiger partial charge in [0.2, 0.25) is 11.6 Å². The van der Waals surface area contributed by atoms with Crippen molar-refractivity contribution in [2.75, 3.05) is 10.6 Å². The van der Waals surface area contributed by atoms with E-state index in [9.17, 15) is 10.1 Å². The van der Waals surface area contributed by atoms with E-state index < -0.39 is 4.92 Å². The molecule has 3 rings (SSSR count). The molecule has 2 aromatic carbocycles. The minimum absolute atomic E-state index is 0.0195. The van der Waals surface area contributed by atoms with Crippen LogP contribution >= 0.6 is 23.2 Å². The molecule has 0 aliphatic heterocycles. The minimum Gasteiger partial charge on any atom is -0.334 e. The third kappa shape index (κ3) is 4.45. The van der Waals surface area contributed by atoms with Crippen molar-refractivity contribution in [3.8, 4) is 0 Å². The zero-order chi connectivity index (χ0) is 19.6. The monoisotopic (exact) mass is 403 g/mol. The van der Waals surface area contributed by atoms with Crippen molar-refractivity contribution >= 4 is 51.9 Å². The van der Waals surface area contributed by atoms with Crippen LogP contribution in [0.15, 0.2) is 42.7 Å². The Balaban J connectivity index is 2.00. The summed E-state index contributed by atoms with van der Waals surface area (Å²) in [4.78, 5) is 19.2. The fraction of sp³-hybridized carbons (Fsp3) is 0.111. The number of hydrogen-bond donors (Lipinski definition) is 2. The summed E-state index contributed by atoms with van der Waals surface area (Å²) in [6.45, 7) is 3.89. The van der Waals surface area contributed by atoms with Crippen LogP contribution in [0.5, 0.6) is 0 Å². The molecule has 0 aliphatic rings. The minimum atomic E-state index is -0.544. The highest BCUT2D eigenvalue weighted by molar-refractivity contribution is 6.36. The van der Waals surface area contributed by atoms with Gasteiger partial charge in [0, 0.05) is 10.7 Å². The van der Waals surface area contributed by atoms with Crippen molar-refractivity contribution < 1.29 is 4.92 Å². The Labute approximate surface area is 165 Å². The number of anilines is 4. The highest BCUT2D eigenvalue weighted by Crippen LogP contribution is 2.35. The first-order valence-corrected chi connectivity index (χ1v) is 8.66. The van der Waals surface area contributed by atoms with Crippen molar-refractivity contribution in [2.24, 2.45) is 0 Å². The molecular formula is C18H15Cl2N5O2. The van der Waals surface area contributed by atoms with Gasteiger partial charge in [-0.1, -0.05) is 29.3 Å². The molecular weight excluding hydrogens is 389 g/mol. The normalized spacial score (nSPS) is 10.5. The standard InChI is InChI=1S/C18H15Cl2N5O2/c1-10-5-11(2)7-13(6-10)23-17-16(25(26)27)18(22-9-21-17)24-15-4-3-12(19)8-14(15)20/h3-9H,1-2H3,(H2,21,22,23,24). The van der Waals surface area contributed by atoms with Crippen LogP contribution in [0.2, 0.25) is 10.0 Å². The molecule has 2 N–H and O–H groups in total. The Morgan fingerprint density at radius 2 is 1.59 bits per heavy atom. The second-order valence-corrected chi connectivity index (χ2v) is 6.77. The number of nitro groups is 1. The third-order valence-corrected chi connectivity index (χ3v) is 4.22. The SMILES string of the molecule is Cc1cc(C)cc(Nc2ncnc(Nc3ccc(Cl)cc3Cl)c2[N+](=O)[O-])c1. The molecule has 0 bridgehead atoms. The average molecular weight is 404 g/mol. The number of benzene rings is 2. The first kappa shape index (κ1) is 18.9. The summed E-state index contributed by atoms with van der Waals surface area (Å²) in [5.41, 5.74) is 2.91. The van der Waals surface area contributed by atoms with E-state index in [1.807, 2.05) is 32.0 Å². The molecule has 1 heterocycles. The van der Waals surface area contributed by atoms with Gasteiger partial charge in [-0.05, 0) is 55.3 Å². The van der Waals surface area contributed by atoms with E-state index in [1.54, 1.807) is 12.1 Å². The fourth-order valence-corrected chi connectivity index (χ4v) is 3.09. The smallest absolute Gasteiger partial charge is 0.334 e. The maximum absolute atomic E-state index is 11.7. The highest BCUT2D eigenvalue weighted by Gasteiger charge is 2.24. The maximum Gasteiger partial charge on any atom is 0.353 e. The molecule has 138 valence electrons. The number of halogens is 2. The molecule has 0 unspecified atom stereocenters. The molecule has 0 atom stereocenters. The van der Waals surface area contributed by atoms with E-state index in [0.717, 1.165) is 11.1 Å². The molecule has 27 heavy (non-hydrogen) atoms. The van der Waals surface area contributed by atoms with Gasteiger partial charge in [0.15, 0.2) is 0 Å². The summed E-state index contributed by atoms with van der Waals surface area (Å²) < 4.78 is 0. The van der Waals surface area contributed by atoms with Crippen LogP contribution in [0, 0.1) is 24.0 Å². The van der Waals surface area contributed by atoms with Crippen molar-refractivity contribution in [3.05, 3.63) is 74.0 Å². The zero-order valence-corrected chi connectivity index (χ0v) is 16.0. The van der Waals surface area contributed by atoms with Crippen molar-refractivity contribution in [2.45, 2.75) is 13.8 Å². The third-order valence-electron chi connectivity index (χ3n) is 3.67.